The second-order valence-corrected chi connectivity index (χ2v) is 8.39. The maximum Gasteiger partial charge on any atom is 0.410 e. The summed E-state index contributed by atoms with van der Waals surface area (Å²) >= 11 is 0. The summed E-state index contributed by atoms with van der Waals surface area (Å²) in [7, 11) is 1.84. The van der Waals surface area contributed by atoms with Crippen LogP contribution < -0.4 is 0 Å². The van der Waals surface area contributed by atoms with Crippen molar-refractivity contribution in [2.24, 2.45) is 7.05 Å². The standard InChI is InChI=1S/C19H30N4O3/c1-13-8-6-7-10-23(13)17(24)16-14-9-11-22(12-15(14)21(5)20-16)18(25)26-19(2,3)4/h13H,6-12H2,1-5H3. The molecule has 1 saturated heterocycles. The molecule has 3 heterocycles. The van der Waals surface area contributed by atoms with Crippen molar-refractivity contribution >= 4 is 12.0 Å². The normalized spacial score (nSPS) is 20.7. The van der Waals surface area contributed by atoms with Crippen LogP contribution >= 0.6 is 0 Å². The first-order chi connectivity index (χ1) is 12.2. The number of rotatable bonds is 1. The number of carbonyl (C=O) groups is 2. The Hall–Kier alpha value is -2.05. The van der Waals surface area contributed by atoms with E-state index in [1.807, 2.05) is 32.7 Å². The molecule has 0 bridgehead atoms. The highest BCUT2D eigenvalue weighted by molar-refractivity contribution is 5.94. The summed E-state index contributed by atoms with van der Waals surface area (Å²) in [5, 5.41) is 4.52. The lowest BCUT2D eigenvalue weighted by molar-refractivity contribution is 0.0219. The largest absolute Gasteiger partial charge is 0.444 e. The van der Waals surface area contributed by atoms with E-state index in [-0.39, 0.29) is 18.0 Å². The van der Waals surface area contributed by atoms with E-state index >= 15 is 0 Å². The zero-order valence-corrected chi connectivity index (χ0v) is 16.5. The molecule has 1 aromatic rings. The van der Waals surface area contributed by atoms with Crippen LogP contribution in [0.5, 0.6) is 0 Å². The second-order valence-electron chi connectivity index (χ2n) is 8.39. The minimum atomic E-state index is -0.519. The van der Waals surface area contributed by atoms with Crippen LogP contribution in [0.1, 0.15) is 68.7 Å². The molecule has 0 spiro atoms. The highest BCUT2D eigenvalue weighted by Gasteiger charge is 2.34. The van der Waals surface area contributed by atoms with Gasteiger partial charge in [-0.2, -0.15) is 5.10 Å². The minimum absolute atomic E-state index is 0.0276. The van der Waals surface area contributed by atoms with Crippen LogP contribution in [0.15, 0.2) is 0 Å². The van der Waals surface area contributed by atoms with Crippen molar-refractivity contribution in [3.63, 3.8) is 0 Å². The first-order valence-electron chi connectivity index (χ1n) is 9.51. The summed E-state index contributed by atoms with van der Waals surface area (Å²) in [6.07, 6.45) is 3.59. The van der Waals surface area contributed by atoms with Gasteiger partial charge in [0.2, 0.25) is 0 Å². The van der Waals surface area contributed by atoms with Gasteiger partial charge in [-0.1, -0.05) is 0 Å². The second kappa shape index (κ2) is 6.93. The third-order valence-electron chi connectivity index (χ3n) is 5.17. The van der Waals surface area contributed by atoms with Crippen LogP contribution in [0.4, 0.5) is 4.79 Å². The first kappa shape index (κ1) is 18.7. The van der Waals surface area contributed by atoms with Crippen molar-refractivity contribution in [3.05, 3.63) is 17.0 Å². The molecule has 1 atom stereocenters. The van der Waals surface area contributed by atoms with Crippen molar-refractivity contribution < 1.29 is 14.3 Å². The maximum absolute atomic E-state index is 13.0. The third-order valence-corrected chi connectivity index (χ3v) is 5.17. The number of ether oxygens (including phenoxy) is 1. The summed E-state index contributed by atoms with van der Waals surface area (Å²) < 4.78 is 7.22. The van der Waals surface area contributed by atoms with E-state index in [1.54, 1.807) is 9.58 Å². The molecule has 0 aliphatic carbocycles. The molecule has 26 heavy (non-hydrogen) atoms. The Balaban J connectivity index is 1.79. The molecule has 1 aromatic heterocycles. The average molecular weight is 362 g/mol. The van der Waals surface area contributed by atoms with Crippen LogP contribution in [0.2, 0.25) is 0 Å². The van der Waals surface area contributed by atoms with Gasteiger partial charge < -0.3 is 14.5 Å². The molecule has 0 radical (unpaired) electrons. The quantitative estimate of drug-likeness (QED) is 0.770. The van der Waals surface area contributed by atoms with Gasteiger partial charge >= 0.3 is 6.09 Å². The molecular formula is C19H30N4O3. The summed E-state index contributed by atoms with van der Waals surface area (Å²) in [4.78, 5) is 29.0. The lowest BCUT2D eigenvalue weighted by atomic mass is 10.0. The van der Waals surface area contributed by atoms with Gasteiger partial charge in [0.15, 0.2) is 5.69 Å². The molecule has 7 nitrogen and oxygen atoms in total. The van der Waals surface area contributed by atoms with Crippen LogP contribution in [-0.2, 0) is 24.8 Å². The lowest BCUT2D eigenvalue weighted by Gasteiger charge is -2.33. The maximum atomic E-state index is 13.0. The van der Waals surface area contributed by atoms with E-state index in [2.05, 4.69) is 12.0 Å². The van der Waals surface area contributed by atoms with Crippen LogP contribution in [0.3, 0.4) is 0 Å². The smallest absolute Gasteiger partial charge is 0.410 e. The highest BCUT2D eigenvalue weighted by atomic mass is 16.6. The zero-order chi connectivity index (χ0) is 19.1. The molecule has 1 fully saturated rings. The summed E-state index contributed by atoms with van der Waals surface area (Å²) in [5.41, 5.74) is 1.94. The number of hydrogen-bond acceptors (Lipinski definition) is 4. The minimum Gasteiger partial charge on any atom is -0.444 e. The van der Waals surface area contributed by atoms with E-state index in [9.17, 15) is 9.59 Å². The van der Waals surface area contributed by atoms with Crippen LogP contribution in [0, 0.1) is 0 Å². The number of nitrogens with zero attached hydrogens (tertiary/aromatic N) is 4. The topological polar surface area (TPSA) is 67.7 Å². The van der Waals surface area contributed by atoms with E-state index in [0.29, 0.717) is 25.2 Å². The number of aryl methyl sites for hydroxylation is 1. The van der Waals surface area contributed by atoms with Gasteiger partial charge in [-0.05, 0) is 53.4 Å². The van der Waals surface area contributed by atoms with Gasteiger partial charge in [-0.25, -0.2) is 4.79 Å². The van der Waals surface area contributed by atoms with Crippen molar-refractivity contribution in [2.45, 2.75) is 71.6 Å². The number of fused-ring (bicyclic) bond motifs is 1. The van der Waals surface area contributed by atoms with Crippen molar-refractivity contribution in [1.82, 2.24) is 19.6 Å². The molecule has 2 aliphatic heterocycles. The fourth-order valence-electron chi connectivity index (χ4n) is 3.76. The van der Waals surface area contributed by atoms with Gasteiger partial charge in [0.25, 0.3) is 5.91 Å². The molecule has 2 aliphatic rings. The van der Waals surface area contributed by atoms with Crippen LogP contribution in [0.25, 0.3) is 0 Å². The highest BCUT2D eigenvalue weighted by Crippen LogP contribution is 2.26. The predicted octanol–water partition coefficient (Wildman–Crippen LogP) is 2.73. The van der Waals surface area contributed by atoms with Crippen molar-refractivity contribution in [1.29, 1.82) is 0 Å². The molecule has 1 unspecified atom stereocenters. The fraction of sp³-hybridized carbons (Fsp3) is 0.737. The average Bonchev–Trinajstić information content (AvgIpc) is 2.89. The Labute approximate surface area is 155 Å². The van der Waals surface area contributed by atoms with Gasteiger partial charge in [-0.3, -0.25) is 9.48 Å². The Morgan fingerprint density at radius 1 is 1.19 bits per heavy atom. The Morgan fingerprint density at radius 2 is 1.92 bits per heavy atom. The van der Waals surface area contributed by atoms with Gasteiger partial charge in [0, 0.05) is 31.7 Å². The SMILES string of the molecule is CC1CCCCN1C(=O)c1nn(C)c2c1CCN(C(=O)OC(C)(C)C)C2. The van der Waals surface area contributed by atoms with E-state index < -0.39 is 5.60 Å². The monoisotopic (exact) mass is 362 g/mol. The molecule has 0 N–H and O–H groups in total. The third kappa shape index (κ3) is 3.71. The molecule has 2 amide bonds. The van der Waals surface area contributed by atoms with E-state index in [0.717, 1.165) is 30.6 Å². The first-order valence-corrected chi connectivity index (χ1v) is 9.51. The van der Waals surface area contributed by atoms with Crippen molar-refractivity contribution in [2.75, 3.05) is 13.1 Å². The summed E-state index contributed by atoms with van der Waals surface area (Å²) in [6, 6.07) is 0.260. The molecule has 7 heteroatoms. The van der Waals surface area contributed by atoms with Crippen LogP contribution in [-0.4, -0.2) is 56.3 Å². The number of amides is 2. The van der Waals surface area contributed by atoms with Gasteiger partial charge in [0.05, 0.1) is 12.2 Å². The Bertz CT molecular complexity index is 704. The van der Waals surface area contributed by atoms with E-state index in [1.165, 1.54) is 6.42 Å². The number of carbonyl (C=O) groups excluding carboxylic acids is 2. The number of likely N-dealkylation sites (tertiary alicyclic amines) is 1. The van der Waals surface area contributed by atoms with Gasteiger partial charge in [0.1, 0.15) is 5.60 Å². The predicted molar refractivity (Wildman–Crippen MR) is 97.9 cm³/mol. The zero-order valence-electron chi connectivity index (χ0n) is 16.5. The fourth-order valence-corrected chi connectivity index (χ4v) is 3.76. The Morgan fingerprint density at radius 3 is 2.58 bits per heavy atom. The van der Waals surface area contributed by atoms with Gasteiger partial charge in [-0.15, -0.1) is 0 Å². The summed E-state index contributed by atoms with van der Waals surface area (Å²) in [6.45, 7) is 9.47. The number of aromatic nitrogens is 2. The summed E-state index contributed by atoms with van der Waals surface area (Å²) in [5.74, 6) is 0.0276. The molecular weight excluding hydrogens is 332 g/mol. The number of piperidine rings is 1. The van der Waals surface area contributed by atoms with E-state index in [4.69, 9.17) is 4.74 Å². The molecule has 144 valence electrons. The molecule has 0 saturated carbocycles. The lowest BCUT2D eigenvalue weighted by Crippen LogP contribution is -2.43. The molecule has 3 rings (SSSR count). The number of hydrogen-bond donors (Lipinski definition) is 0. The van der Waals surface area contributed by atoms with Crippen molar-refractivity contribution in [3.8, 4) is 0 Å². The molecule has 0 aromatic carbocycles. The Kier molecular flexibility index (Phi) is 4.99.